The molecule has 1 aromatic heterocycles. The number of nitriles is 2. The Labute approximate surface area is 305 Å². The van der Waals surface area contributed by atoms with Crippen molar-refractivity contribution in [3.8, 4) is 12.1 Å². The van der Waals surface area contributed by atoms with Gasteiger partial charge >= 0.3 is 0 Å². The predicted octanol–water partition coefficient (Wildman–Crippen LogP) is 12.9. The second-order valence-electron chi connectivity index (χ2n) is 15.6. The van der Waals surface area contributed by atoms with Crippen LogP contribution in [0.1, 0.15) is 125 Å². The summed E-state index contributed by atoms with van der Waals surface area (Å²) in [6, 6.07) is 14.4. The Balaban J connectivity index is 1.19. The van der Waals surface area contributed by atoms with E-state index in [1.807, 2.05) is 11.3 Å². The lowest BCUT2D eigenvalue weighted by atomic mass is 9.64. The van der Waals surface area contributed by atoms with E-state index in [1.54, 1.807) is 0 Å². The number of rotatable bonds is 2. The van der Waals surface area contributed by atoms with Gasteiger partial charge in [0.25, 0.3) is 11.4 Å². The van der Waals surface area contributed by atoms with Gasteiger partial charge in [0.2, 0.25) is 0 Å². The van der Waals surface area contributed by atoms with E-state index >= 15 is 0 Å². The third-order valence-corrected chi connectivity index (χ3v) is 14.2. The largest absolute Gasteiger partial charge is 0.265 e. The molecule has 0 saturated heterocycles. The summed E-state index contributed by atoms with van der Waals surface area (Å²) in [5.41, 5.74) is 13.6. The summed E-state index contributed by atoms with van der Waals surface area (Å²) in [5, 5.41) is 22.1. The number of benzene rings is 2. The topological polar surface area (TPSA) is 56.3 Å². The fourth-order valence-corrected chi connectivity index (χ4v) is 12.0. The lowest BCUT2D eigenvalue weighted by Gasteiger charge is -2.39. The molecule has 2 aromatic carbocycles. The third kappa shape index (κ3) is 4.86. The molecule has 4 nitrogen and oxygen atoms in total. The standard InChI is InChI=1S/C46H40N4S/c1-49-41(27-47)31-13-9-11-29(19-31)37-21-33-23-43-35(25-39(33)45(37)15-5-3-6-16-45)36-26-40-34(24-44(36)51-43)22-38(46(40)17-7-4-8-18-46)30-12-10-14-32(20-30)42(28-48)50-2/h19-26H,3-18H2/b41-31-,42-32+. The maximum atomic E-state index is 9.66. The summed E-state index contributed by atoms with van der Waals surface area (Å²) in [5.74, 6) is 0. The van der Waals surface area contributed by atoms with Gasteiger partial charge in [0.05, 0.1) is 25.3 Å². The molecule has 0 unspecified atom stereocenters. The molecule has 1 heterocycles. The van der Waals surface area contributed by atoms with Crippen LogP contribution in [0.3, 0.4) is 0 Å². The van der Waals surface area contributed by atoms with Crippen LogP contribution in [-0.4, -0.2) is 0 Å². The average molecular weight is 681 g/mol. The molecule has 0 amide bonds. The third-order valence-electron chi connectivity index (χ3n) is 13.1. The normalized spacial score (nSPS) is 23.6. The van der Waals surface area contributed by atoms with Gasteiger partial charge in [0, 0.05) is 31.0 Å². The summed E-state index contributed by atoms with van der Waals surface area (Å²) < 4.78 is 2.70. The quantitative estimate of drug-likeness (QED) is 0.200. The van der Waals surface area contributed by atoms with Crippen molar-refractivity contribution in [2.24, 2.45) is 0 Å². The molecule has 0 aliphatic heterocycles. The molecule has 0 bridgehead atoms. The fourth-order valence-electron chi connectivity index (χ4n) is 10.8. The molecule has 9 rings (SSSR count). The van der Waals surface area contributed by atoms with Crippen LogP contribution in [0.5, 0.6) is 0 Å². The molecular weight excluding hydrogens is 641 g/mol. The number of thiophene rings is 1. The van der Waals surface area contributed by atoms with Gasteiger partial charge in [-0.05, 0) is 144 Å². The molecule has 6 aliphatic rings. The second-order valence-corrected chi connectivity index (χ2v) is 16.7. The Morgan fingerprint density at radius 3 is 1.39 bits per heavy atom. The van der Waals surface area contributed by atoms with E-state index in [9.17, 15) is 10.5 Å². The van der Waals surface area contributed by atoms with Crippen molar-refractivity contribution in [1.29, 1.82) is 10.5 Å². The van der Waals surface area contributed by atoms with E-state index < -0.39 is 0 Å². The molecule has 250 valence electrons. The van der Waals surface area contributed by atoms with Gasteiger partial charge in [-0.15, -0.1) is 11.3 Å². The van der Waals surface area contributed by atoms with E-state index in [0.29, 0.717) is 0 Å². The number of nitrogens with zero attached hydrogens (tertiary/aromatic N) is 4. The SMILES string of the molecule is [C-]#[N+]/C(C#N)=C1\C=C(C2=Cc3cc4sc5cc6c(cc5c4cc3C23CCCCC3)C2(CCCCC2)C(C2=C/C(=C(\C#N)[N+]#[C-])CCC2)=C6)CCC1. The van der Waals surface area contributed by atoms with Crippen molar-refractivity contribution in [3.05, 3.63) is 126 Å². The highest BCUT2D eigenvalue weighted by atomic mass is 32.1. The summed E-state index contributed by atoms with van der Waals surface area (Å²) in [6.07, 6.45) is 27.0. The molecule has 2 spiro atoms. The highest BCUT2D eigenvalue weighted by Crippen LogP contribution is 2.58. The minimum atomic E-state index is -0.00241. The lowest BCUT2D eigenvalue weighted by molar-refractivity contribution is 0.346. The summed E-state index contributed by atoms with van der Waals surface area (Å²) in [4.78, 5) is 7.15. The van der Waals surface area contributed by atoms with Crippen molar-refractivity contribution >= 4 is 43.7 Å². The molecule has 0 atom stereocenters. The van der Waals surface area contributed by atoms with Crippen LogP contribution >= 0.6 is 11.3 Å². The molecule has 6 aliphatic carbocycles. The maximum absolute atomic E-state index is 9.66. The fraction of sp³-hybridized carbons (Fsp3) is 0.391. The maximum Gasteiger partial charge on any atom is 0.265 e. The van der Waals surface area contributed by atoms with Crippen molar-refractivity contribution in [2.45, 2.75) is 114 Å². The highest BCUT2D eigenvalue weighted by Gasteiger charge is 2.46. The Hall–Kier alpha value is -4.94. The second kappa shape index (κ2) is 12.4. The van der Waals surface area contributed by atoms with Crippen molar-refractivity contribution in [2.75, 3.05) is 0 Å². The highest BCUT2D eigenvalue weighted by molar-refractivity contribution is 7.25. The summed E-state index contributed by atoms with van der Waals surface area (Å²) in [7, 11) is 0. The zero-order valence-electron chi connectivity index (χ0n) is 29.1. The van der Waals surface area contributed by atoms with E-state index in [4.69, 9.17) is 13.1 Å². The van der Waals surface area contributed by atoms with E-state index in [-0.39, 0.29) is 22.2 Å². The van der Waals surface area contributed by atoms with Crippen LogP contribution in [0.4, 0.5) is 0 Å². The Morgan fingerprint density at radius 1 is 0.569 bits per heavy atom. The first kappa shape index (κ1) is 32.0. The van der Waals surface area contributed by atoms with Crippen molar-refractivity contribution < 1.29 is 0 Å². The van der Waals surface area contributed by atoms with E-state index in [2.05, 4.69) is 70.4 Å². The first-order chi connectivity index (χ1) is 25.0. The average Bonchev–Trinajstić information content (AvgIpc) is 3.78. The number of hydrogen-bond acceptors (Lipinski definition) is 3. The van der Waals surface area contributed by atoms with Crippen LogP contribution in [0.2, 0.25) is 0 Å². The summed E-state index contributed by atoms with van der Waals surface area (Å²) in [6.45, 7) is 15.2. The van der Waals surface area contributed by atoms with E-state index in [0.717, 1.165) is 75.4 Å². The Kier molecular flexibility index (Phi) is 7.77. The predicted molar refractivity (Wildman–Crippen MR) is 207 cm³/mol. The van der Waals surface area contributed by atoms with Gasteiger partial charge in [-0.2, -0.15) is 0 Å². The Bertz CT molecular complexity index is 2210. The smallest absolute Gasteiger partial charge is 0.226 e. The zero-order valence-corrected chi connectivity index (χ0v) is 29.9. The van der Waals surface area contributed by atoms with Crippen LogP contribution in [0, 0.1) is 35.8 Å². The number of allylic oxidation sites excluding steroid dienone is 10. The molecule has 0 radical (unpaired) electrons. The number of fused-ring (bicyclic) bond motifs is 7. The minimum absolute atomic E-state index is 0.00241. The first-order valence-electron chi connectivity index (χ1n) is 18.9. The lowest BCUT2D eigenvalue weighted by Crippen LogP contribution is -2.30. The zero-order chi connectivity index (χ0) is 34.7. The van der Waals surface area contributed by atoms with Gasteiger partial charge in [-0.3, -0.25) is 0 Å². The van der Waals surface area contributed by atoms with Crippen molar-refractivity contribution in [1.82, 2.24) is 0 Å². The van der Waals surface area contributed by atoms with Gasteiger partial charge in [-0.25, -0.2) is 20.2 Å². The van der Waals surface area contributed by atoms with Gasteiger partial charge in [-0.1, -0.05) is 62.8 Å². The molecular formula is C46H40N4S. The minimum Gasteiger partial charge on any atom is -0.226 e. The molecule has 2 fully saturated rings. The summed E-state index contributed by atoms with van der Waals surface area (Å²) >= 11 is 1.92. The Morgan fingerprint density at radius 2 is 1.00 bits per heavy atom. The van der Waals surface area contributed by atoms with Gasteiger partial charge in [0.1, 0.15) is 0 Å². The monoisotopic (exact) mass is 680 g/mol. The van der Waals surface area contributed by atoms with Gasteiger partial charge < -0.3 is 0 Å². The molecule has 0 N–H and O–H groups in total. The molecule has 51 heavy (non-hydrogen) atoms. The first-order valence-corrected chi connectivity index (χ1v) is 19.8. The van der Waals surface area contributed by atoms with Crippen LogP contribution < -0.4 is 0 Å². The molecule has 3 aromatic rings. The molecule has 5 heteroatoms. The van der Waals surface area contributed by atoms with Crippen molar-refractivity contribution in [3.63, 3.8) is 0 Å². The van der Waals surface area contributed by atoms with Gasteiger partial charge in [0.15, 0.2) is 0 Å². The van der Waals surface area contributed by atoms with Crippen LogP contribution in [0.15, 0.2) is 81.3 Å². The van der Waals surface area contributed by atoms with E-state index in [1.165, 1.54) is 103 Å². The number of hydrogen-bond donors (Lipinski definition) is 0. The van der Waals surface area contributed by atoms with Crippen LogP contribution in [-0.2, 0) is 10.8 Å². The molecule has 2 saturated carbocycles. The van der Waals surface area contributed by atoms with Crippen LogP contribution in [0.25, 0.3) is 42.0 Å².